The van der Waals surface area contributed by atoms with Gasteiger partial charge in [-0.25, -0.2) is 4.39 Å². The molecule has 138 valence electrons. The van der Waals surface area contributed by atoms with Crippen molar-refractivity contribution in [3.63, 3.8) is 0 Å². The average molecular weight is 356 g/mol. The first-order valence-corrected chi connectivity index (χ1v) is 8.93. The lowest BCUT2D eigenvalue weighted by Crippen LogP contribution is -2.43. The predicted octanol–water partition coefficient (Wildman–Crippen LogP) is 3.83. The Labute approximate surface area is 154 Å². The molecule has 0 saturated carbocycles. The van der Waals surface area contributed by atoms with Gasteiger partial charge in [0.15, 0.2) is 0 Å². The predicted molar refractivity (Wildman–Crippen MR) is 99.7 cm³/mol. The van der Waals surface area contributed by atoms with Gasteiger partial charge in [0.05, 0.1) is 0 Å². The van der Waals surface area contributed by atoms with Crippen molar-refractivity contribution in [2.75, 3.05) is 6.54 Å². The molecule has 2 aromatic carbocycles. The van der Waals surface area contributed by atoms with E-state index in [1.54, 1.807) is 24.0 Å². The van der Waals surface area contributed by atoms with Gasteiger partial charge < -0.3 is 10.2 Å². The maximum Gasteiger partial charge on any atom is 0.247 e. The number of carbonyl (C=O) groups excluding carboxylic acids is 2. The third-order valence-electron chi connectivity index (χ3n) is 4.11. The largest absolute Gasteiger partial charge is 0.354 e. The second-order valence-electron chi connectivity index (χ2n) is 6.11. The zero-order valence-electron chi connectivity index (χ0n) is 15.2. The quantitative estimate of drug-likeness (QED) is 0.781. The lowest BCUT2D eigenvalue weighted by Gasteiger charge is -2.31. The van der Waals surface area contributed by atoms with E-state index in [2.05, 4.69) is 5.32 Å². The lowest BCUT2D eigenvalue weighted by molar-refractivity contribution is -0.141. The first kappa shape index (κ1) is 19.6. The van der Waals surface area contributed by atoms with Gasteiger partial charge in [0, 0.05) is 19.5 Å². The highest BCUT2D eigenvalue weighted by Crippen LogP contribution is 2.24. The zero-order valence-corrected chi connectivity index (χ0v) is 15.2. The van der Waals surface area contributed by atoms with E-state index in [9.17, 15) is 14.0 Å². The number of benzene rings is 2. The van der Waals surface area contributed by atoms with Crippen LogP contribution in [0.15, 0.2) is 54.6 Å². The molecule has 0 saturated heterocycles. The maximum atomic E-state index is 13.2. The Morgan fingerprint density at radius 3 is 2.27 bits per heavy atom. The van der Waals surface area contributed by atoms with Crippen LogP contribution in [0.1, 0.15) is 43.9 Å². The molecule has 0 aliphatic rings. The summed E-state index contributed by atoms with van der Waals surface area (Å²) in [5.74, 6) is -0.667. The minimum absolute atomic E-state index is 0.130. The Morgan fingerprint density at radius 2 is 1.69 bits per heavy atom. The smallest absolute Gasteiger partial charge is 0.247 e. The standard InChI is InChI=1S/C21H25FN2O2/c1-3-14-23-21(26)20(17-8-6-5-7-9-17)24(19(25)4-2)15-16-10-12-18(22)13-11-16/h5-13,20H,3-4,14-15H2,1-2H3,(H,23,26)/t20-/m1/s1. The Hall–Kier alpha value is -2.69. The van der Waals surface area contributed by atoms with E-state index < -0.39 is 6.04 Å². The van der Waals surface area contributed by atoms with Crippen LogP contribution >= 0.6 is 0 Å². The molecule has 0 unspecified atom stereocenters. The lowest BCUT2D eigenvalue weighted by atomic mass is 10.0. The summed E-state index contributed by atoms with van der Waals surface area (Å²) >= 11 is 0. The van der Waals surface area contributed by atoms with E-state index in [0.717, 1.165) is 17.5 Å². The van der Waals surface area contributed by atoms with Gasteiger partial charge in [0.1, 0.15) is 11.9 Å². The highest BCUT2D eigenvalue weighted by molar-refractivity contribution is 5.88. The van der Waals surface area contributed by atoms with Crippen LogP contribution < -0.4 is 5.32 Å². The summed E-state index contributed by atoms with van der Waals surface area (Å²) in [6, 6.07) is 14.5. The molecule has 2 amide bonds. The fourth-order valence-electron chi connectivity index (χ4n) is 2.77. The van der Waals surface area contributed by atoms with Gasteiger partial charge in [0.25, 0.3) is 0 Å². The van der Waals surface area contributed by atoms with Crippen LogP contribution in [-0.2, 0) is 16.1 Å². The molecule has 0 aliphatic carbocycles. The van der Waals surface area contributed by atoms with E-state index >= 15 is 0 Å². The summed E-state index contributed by atoms with van der Waals surface area (Å²) in [6.45, 7) is 4.54. The minimum atomic E-state index is -0.722. The highest BCUT2D eigenvalue weighted by atomic mass is 19.1. The first-order chi connectivity index (χ1) is 12.6. The average Bonchev–Trinajstić information content (AvgIpc) is 2.67. The molecule has 2 rings (SSSR count). The van der Waals surface area contributed by atoms with Crippen LogP contribution in [0.2, 0.25) is 0 Å². The van der Waals surface area contributed by atoms with Crippen molar-refractivity contribution < 1.29 is 14.0 Å². The molecule has 0 heterocycles. The molecule has 0 radical (unpaired) electrons. The van der Waals surface area contributed by atoms with Crippen LogP contribution in [0.5, 0.6) is 0 Å². The summed E-state index contributed by atoms with van der Waals surface area (Å²) in [4.78, 5) is 27.1. The van der Waals surface area contributed by atoms with Gasteiger partial charge in [-0.1, -0.05) is 56.3 Å². The van der Waals surface area contributed by atoms with Crippen LogP contribution in [0.4, 0.5) is 4.39 Å². The minimum Gasteiger partial charge on any atom is -0.354 e. The molecule has 0 aromatic heterocycles. The summed E-state index contributed by atoms with van der Waals surface area (Å²) in [5.41, 5.74) is 1.53. The second-order valence-corrected chi connectivity index (χ2v) is 6.11. The molecule has 0 aliphatic heterocycles. The topological polar surface area (TPSA) is 49.4 Å². The van der Waals surface area contributed by atoms with Gasteiger partial charge >= 0.3 is 0 Å². The summed E-state index contributed by atoms with van der Waals surface area (Å²) in [7, 11) is 0. The van der Waals surface area contributed by atoms with Gasteiger partial charge in [-0.05, 0) is 29.7 Å². The first-order valence-electron chi connectivity index (χ1n) is 8.93. The molecular weight excluding hydrogens is 331 g/mol. The number of carbonyl (C=O) groups is 2. The summed E-state index contributed by atoms with van der Waals surface area (Å²) < 4.78 is 13.2. The molecule has 0 spiro atoms. The van der Waals surface area contributed by atoms with Gasteiger partial charge in [0.2, 0.25) is 11.8 Å². The second kappa shape index (κ2) is 9.70. The van der Waals surface area contributed by atoms with Crippen LogP contribution in [0.3, 0.4) is 0 Å². The Balaban J connectivity index is 2.38. The summed E-state index contributed by atoms with van der Waals surface area (Å²) in [6.07, 6.45) is 1.10. The Bertz CT molecular complexity index is 717. The van der Waals surface area contributed by atoms with Gasteiger partial charge in [-0.3, -0.25) is 9.59 Å². The number of hydrogen-bond acceptors (Lipinski definition) is 2. The highest BCUT2D eigenvalue weighted by Gasteiger charge is 2.30. The number of nitrogens with zero attached hydrogens (tertiary/aromatic N) is 1. The Morgan fingerprint density at radius 1 is 1.04 bits per heavy atom. The van der Waals surface area contributed by atoms with Crippen molar-refractivity contribution in [3.8, 4) is 0 Å². The number of nitrogens with one attached hydrogen (secondary N) is 1. The number of rotatable bonds is 8. The molecular formula is C21H25FN2O2. The number of amides is 2. The SMILES string of the molecule is CCCNC(=O)[C@@H](c1ccccc1)N(Cc1ccc(F)cc1)C(=O)CC. The fourth-order valence-corrected chi connectivity index (χ4v) is 2.77. The third-order valence-corrected chi connectivity index (χ3v) is 4.11. The third kappa shape index (κ3) is 5.15. The molecule has 26 heavy (non-hydrogen) atoms. The van der Waals surface area contributed by atoms with E-state index in [1.807, 2.05) is 37.3 Å². The number of hydrogen-bond donors (Lipinski definition) is 1. The normalized spacial score (nSPS) is 11.7. The zero-order chi connectivity index (χ0) is 18.9. The van der Waals surface area contributed by atoms with Crippen LogP contribution in [-0.4, -0.2) is 23.3 Å². The van der Waals surface area contributed by atoms with Crippen molar-refractivity contribution in [1.29, 1.82) is 0 Å². The van der Waals surface area contributed by atoms with E-state index in [0.29, 0.717) is 6.54 Å². The van der Waals surface area contributed by atoms with Gasteiger partial charge in [-0.15, -0.1) is 0 Å². The summed E-state index contributed by atoms with van der Waals surface area (Å²) in [5, 5.41) is 2.89. The molecule has 0 fully saturated rings. The van der Waals surface area contributed by atoms with E-state index in [-0.39, 0.29) is 30.6 Å². The van der Waals surface area contributed by atoms with E-state index in [1.165, 1.54) is 12.1 Å². The van der Waals surface area contributed by atoms with Crippen LogP contribution in [0, 0.1) is 5.82 Å². The number of halogens is 1. The molecule has 5 heteroatoms. The molecule has 2 aromatic rings. The molecule has 1 atom stereocenters. The molecule has 1 N–H and O–H groups in total. The molecule has 0 bridgehead atoms. The van der Waals surface area contributed by atoms with Crippen molar-refractivity contribution >= 4 is 11.8 Å². The monoisotopic (exact) mass is 356 g/mol. The molecule has 4 nitrogen and oxygen atoms in total. The van der Waals surface area contributed by atoms with Crippen molar-refractivity contribution in [2.24, 2.45) is 0 Å². The maximum absolute atomic E-state index is 13.2. The Kier molecular flexibility index (Phi) is 7.33. The van der Waals surface area contributed by atoms with Crippen molar-refractivity contribution in [1.82, 2.24) is 10.2 Å². The van der Waals surface area contributed by atoms with Crippen molar-refractivity contribution in [3.05, 3.63) is 71.5 Å². The van der Waals surface area contributed by atoms with Crippen LogP contribution in [0.25, 0.3) is 0 Å². The van der Waals surface area contributed by atoms with Crippen molar-refractivity contribution in [2.45, 2.75) is 39.3 Å². The van der Waals surface area contributed by atoms with E-state index in [4.69, 9.17) is 0 Å². The van der Waals surface area contributed by atoms with Gasteiger partial charge in [-0.2, -0.15) is 0 Å². The fraction of sp³-hybridized carbons (Fsp3) is 0.333.